The van der Waals surface area contributed by atoms with Gasteiger partial charge in [0.25, 0.3) is 0 Å². The molecule has 1 saturated heterocycles. The van der Waals surface area contributed by atoms with Crippen molar-refractivity contribution >= 4 is 0 Å². The fourth-order valence-electron chi connectivity index (χ4n) is 1.81. The van der Waals surface area contributed by atoms with E-state index in [2.05, 4.69) is 5.32 Å². The van der Waals surface area contributed by atoms with E-state index in [1.165, 1.54) is 0 Å². The maximum Gasteiger partial charge on any atom is 0.129 e. The summed E-state index contributed by atoms with van der Waals surface area (Å²) in [4.78, 5) is 0. The minimum Gasteiger partial charge on any atom is -0.462 e. The fourth-order valence-corrected chi connectivity index (χ4v) is 1.81. The van der Waals surface area contributed by atoms with E-state index in [9.17, 15) is 0 Å². The van der Waals surface area contributed by atoms with Crippen molar-refractivity contribution < 1.29 is 13.9 Å². The summed E-state index contributed by atoms with van der Waals surface area (Å²) in [5.74, 6) is 2.40. The molecule has 1 aromatic rings. The Bertz CT molecular complexity index is 305. The number of hydrogen-bond acceptors (Lipinski definition) is 4. The van der Waals surface area contributed by atoms with Gasteiger partial charge in [0, 0.05) is 12.5 Å². The molecule has 1 fully saturated rings. The highest BCUT2D eigenvalue weighted by molar-refractivity contribution is 5.06. The number of nitrogens with one attached hydrogen (secondary N) is 1. The van der Waals surface area contributed by atoms with Crippen molar-refractivity contribution in [2.45, 2.75) is 19.6 Å². The van der Waals surface area contributed by atoms with Crippen molar-refractivity contribution in [3.8, 4) is 0 Å². The molecule has 4 heteroatoms. The van der Waals surface area contributed by atoms with Crippen LogP contribution in [0.2, 0.25) is 0 Å². The van der Waals surface area contributed by atoms with Gasteiger partial charge < -0.3 is 19.2 Å². The topological polar surface area (TPSA) is 43.6 Å². The third-order valence-corrected chi connectivity index (χ3v) is 2.69. The standard InChI is InChI=1S/C12H19NO3/c1-13-6-11-2-3-12(16-11)9-15-8-10-4-5-14-7-10/h2-3,10,13H,4-9H2,1H3. The summed E-state index contributed by atoms with van der Waals surface area (Å²) >= 11 is 0. The quantitative estimate of drug-likeness (QED) is 0.797. The maximum atomic E-state index is 5.60. The zero-order valence-corrected chi connectivity index (χ0v) is 9.70. The fraction of sp³-hybridized carbons (Fsp3) is 0.667. The van der Waals surface area contributed by atoms with Gasteiger partial charge in [-0.1, -0.05) is 0 Å². The summed E-state index contributed by atoms with van der Waals surface area (Å²) in [5.41, 5.74) is 0. The molecule has 1 aliphatic rings. The van der Waals surface area contributed by atoms with Crippen LogP contribution in [0.15, 0.2) is 16.5 Å². The van der Waals surface area contributed by atoms with Gasteiger partial charge in [0.15, 0.2) is 0 Å². The third-order valence-electron chi connectivity index (χ3n) is 2.69. The SMILES string of the molecule is CNCc1ccc(COCC2CCOC2)o1. The summed E-state index contributed by atoms with van der Waals surface area (Å²) < 4.78 is 16.5. The molecule has 0 spiro atoms. The molecular formula is C12H19NO3. The van der Waals surface area contributed by atoms with Gasteiger partial charge in [0.2, 0.25) is 0 Å². The van der Waals surface area contributed by atoms with Gasteiger partial charge in [-0.25, -0.2) is 0 Å². The Hall–Kier alpha value is -0.840. The smallest absolute Gasteiger partial charge is 0.129 e. The van der Waals surface area contributed by atoms with Gasteiger partial charge in [0.1, 0.15) is 18.1 Å². The molecule has 1 aliphatic heterocycles. The summed E-state index contributed by atoms with van der Waals surface area (Å²) in [6.07, 6.45) is 1.11. The van der Waals surface area contributed by atoms with Gasteiger partial charge in [0.05, 0.1) is 19.8 Å². The molecule has 0 amide bonds. The Morgan fingerprint density at radius 1 is 1.44 bits per heavy atom. The van der Waals surface area contributed by atoms with E-state index in [1.54, 1.807) is 0 Å². The van der Waals surface area contributed by atoms with Crippen LogP contribution in [-0.2, 0) is 22.6 Å². The molecule has 16 heavy (non-hydrogen) atoms. The number of hydrogen-bond donors (Lipinski definition) is 1. The lowest BCUT2D eigenvalue weighted by atomic mass is 10.1. The maximum absolute atomic E-state index is 5.60. The molecule has 1 atom stereocenters. The molecule has 0 saturated carbocycles. The molecule has 1 unspecified atom stereocenters. The van der Waals surface area contributed by atoms with Gasteiger partial charge in [-0.15, -0.1) is 0 Å². The molecule has 2 heterocycles. The molecular weight excluding hydrogens is 206 g/mol. The Morgan fingerprint density at radius 3 is 3.06 bits per heavy atom. The van der Waals surface area contributed by atoms with Gasteiger partial charge in [-0.05, 0) is 25.6 Å². The van der Waals surface area contributed by atoms with Crippen LogP contribution in [0.4, 0.5) is 0 Å². The van der Waals surface area contributed by atoms with E-state index >= 15 is 0 Å². The highest BCUT2D eigenvalue weighted by Crippen LogP contribution is 2.14. The zero-order chi connectivity index (χ0) is 11.2. The van der Waals surface area contributed by atoms with Crippen molar-refractivity contribution in [1.82, 2.24) is 5.32 Å². The Balaban J connectivity index is 1.67. The van der Waals surface area contributed by atoms with Gasteiger partial charge >= 0.3 is 0 Å². The highest BCUT2D eigenvalue weighted by Gasteiger charge is 2.15. The first-order chi connectivity index (χ1) is 7.88. The van der Waals surface area contributed by atoms with Crippen molar-refractivity contribution in [2.24, 2.45) is 5.92 Å². The van der Waals surface area contributed by atoms with Crippen LogP contribution in [-0.4, -0.2) is 26.9 Å². The average molecular weight is 225 g/mol. The van der Waals surface area contributed by atoms with E-state index in [1.807, 2.05) is 19.2 Å². The Morgan fingerprint density at radius 2 is 2.31 bits per heavy atom. The second kappa shape index (κ2) is 6.03. The van der Waals surface area contributed by atoms with E-state index in [4.69, 9.17) is 13.9 Å². The first-order valence-electron chi connectivity index (χ1n) is 5.76. The van der Waals surface area contributed by atoms with Crippen LogP contribution in [0.5, 0.6) is 0 Å². The van der Waals surface area contributed by atoms with E-state index < -0.39 is 0 Å². The molecule has 0 radical (unpaired) electrons. The van der Waals surface area contributed by atoms with Gasteiger partial charge in [-0.2, -0.15) is 0 Å². The molecule has 1 N–H and O–H groups in total. The molecule has 2 rings (SSSR count). The molecule has 1 aromatic heterocycles. The molecule has 90 valence electrons. The van der Waals surface area contributed by atoms with Crippen LogP contribution in [0.3, 0.4) is 0 Å². The van der Waals surface area contributed by atoms with Crippen molar-refractivity contribution in [2.75, 3.05) is 26.9 Å². The van der Waals surface area contributed by atoms with Crippen molar-refractivity contribution in [3.05, 3.63) is 23.7 Å². The molecule has 0 aliphatic carbocycles. The molecule has 4 nitrogen and oxygen atoms in total. The van der Waals surface area contributed by atoms with Crippen molar-refractivity contribution in [1.29, 1.82) is 0 Å². The van der Waals surface area contributed by atoms with Gasteiger partial charge in [-0.3, -0.25) is 0 Å². The monoisotopic (exact) mass is 225 g/mol. The largest absolute Gasteiger partial charge is 0.462 e. The lowest BCUT2D eigenvalue weighted by Gasteiger charge is -2.06. The summed E-state index contributed by atoms with van der Waals surface area (Å²) in [7, 11) is 1.90. The van der Waals surface area contributed by atoms with Crippen LogP contribution in [0.1, 0.15) is 17.9 Å². The minimum absolute atomic E-state index is 0.556. The second-order valence-corrected chi connectivity index (χ2v) is 4.14. The lowest BCUT2D eigenvalue weighted by Crippen LogP contribution is -2.08. The van der Waals surface area contributed by atoms with E-state index in [-0.39, 0.29) is 0 Å². The third kappa shape index (κ3) is 3.33. The van der Waals surface area contributed by atoms with Crippen molar-refractivity contribution in [3.63, 3.8) is 0 Å². The molecule has 0 bridgehead atoms. The Kier molecular flexibility index (Phi) is 4.39. The first kappa shape index (κ1) is 11.6. The Labute approximate surface area is 95.9 Å². The summed E-state index contributed by atoms with van der Waals surface area (Å²) in [5, 5.41) is 3.05. The highest BCUT2D eigenvalue weighted by atomic mass is 16.5. The number of furan rings is 1. The van der Waals surface area contributed by atoms with Crippen LogP contribution in [0, 0.1) is 5.92 Å². The van der Waals surface area contributed by atoms with E-state index in [0.717, 1.165) is 44.3 Å². The van der Waals surface area contributed by atoms with Crippen LogP contribution >= 0.6 is 0 Å². The number of ether oxygens (including phenoxy) is 2. The summed E-state index contributed by atoms with van der Waals surface area (Å²) in [6, 6.07) is 3.95. The minimum atomic E-state index is 0.556. The van der Waals surface area contributed by atoms with Crippen LogP contribution < -0.4 is 5.32 Å². The zero-order valence-electron chi connectivity index (χ0n) is 9.70. The normalized spacial score (nSPS) is 20.4. The van der Waals surface area contributed by atoms with Crippen LogP contribution in [0.25, 0.3) is 0 Å². The first-order valence-corrected chi connectivity index (χ1v) is 5.76. The van der Waals surface area contributed by atoms with E-state index in [0.29, 0.717) is 12.5 Å². The lowest BCUT2D eigenvalue weighted by molar-refractivity contribution is 0.0685. The predicted molar refractivity (Wildman–Crippen MR) is 60.1 cm³/mol. The number of rotatable bonds is 6. The average Bonchev–Trinajstić information content (AvgIpc) is 2.90. The second-order valence-electron chi connectivity index (χ2n) is 4.14. The molecule has 0 aromatic carbocycles. The predicted octanol–water partition coefficient (Wildman–Crippen LogP) is 1.55. The summed E-state index contributed by atoms with van der Waals surface area (Å²) in [6.45, 7) is 3.79.